The monoisotopic (exact) mass is 389 g/mol. The molecule has 0 unspecified atom stereocenters. The van der Waals surface area contributed by atoms with Crippen LogP contribution in [-0.2, 0) is 14.8 Å². The molecule has 146 valence electrons. The first-order chi connectivity index (χ1) is 12.9. The summed E-state index contributed by atoms with van der Waals surface area (Å²) < 4.78 is 32.8. The SMILES string of the molecule is CCCCCN(c1ccc(C(=O)OCC)cc1)S(=O)(=O)c1ccc(C)cc1. The highest BCUT2D eigenvalue weighted by Gasteiger charge is 2.24. The minimum atomic E-state index is -3.68. The van der Waals surface area contributed by atoms with Crippen molar-refractivity contribution in [1.29, 1.82) is 0 Å². The molecular formula is C21H27NO4S. The largest absolute Gasteiger partial charge is 0.462 e. The van der Waals surface area contributed by atoms with Gasteiger partial charge in [0, 0.05) is 6.54 Å². The van der Waals surface area contributed by atoms with Gasteiger partial charge in [0.15, 0.2) is 0 Å². The molecule has 0 spiro atoms. The van der Waals surface area contributed by atoms with Gasteiger partial charge < -0.3 is 4.74 Å². The van der Waals surface area contributed by atoms with E-state index in [1.54, 1.807) is 55.5 Å². The maximum Gasteiger partial charge on any atom is 0.338 e. The van der Waals surface area contributed by atoms with Crippen molar-refractivity contribution in [1.82, 2.24) is 0 Å². The van der Waals surface area contributed by atoms with Gasteiger partial charge in [-0.1, -0.05) is 37.5 Å². The van der Waals surface area contributed by atoms with Crippen LogP contribution in [0.5, 0.6) is 0 Å². The topological polar surface area (TPSA) is 63.7 Å². The van der Waals surface area contributed by atoms with E-state index in [1.165, 1.54) is 4.31 Å². The lowest BCUT2D eigenvalue weighted by molar-refractivity contribution is 0.0526. The summed E-state index contributed by atoms with van der Waals surface area (Å²) in [4.78, 5) is 12.1. The summed E-state index contributed by atoms with van der Waals surface area (Å²) in [6.45, 7) is 6.43. The van der Waals surface area contributed by atoms with Crippen LogP contribution < -0.4 is 4.31 Å². The second-order valence-electron chi connectivity index (χ2n) is 6.36. The van der Waals surface area contributed by atoms with Crippen molar-refractivity contribution in [3.8, 4) is 0 Å². The zero-order valence-electron chi connectivity index (χ0n) is 16.1. The molecule has 0 aliphatic rings. The number of carbonyl (C=O) groups excluding carboxylic acids is 1. The number of benzene rings is 2. The number of nitrogens with zero attached hydrogens (tertiary/aromatic N) is 1. The molecule has 0 atom stereocenters. The number of aryl methyl sites for hydroxylation is 1. The van der Waals surface area contributed by atoms with Gasteiger partial charge in [-0.05, 0) is 56.7 Å². The third-order valence-corrected chi connectivity index (χ3v) is 6.08. The summed E-state index contributed by atoms with van der Waals surface area (Å²) in [5, 5.41) is 0. The number of hydrogen-bond donors (Lipinski definition) is 0. The Morgan fingerprint density at radius 1 is 0.963 bits per heavy atom. The van der Waals surface area contributed by atoms with Gasteiger partial charge in [0.2, 0.25) is 0 Å². The Hall–Kier alpha value is -2.34. The van der Waals surface area contributed by atoms with E-state index in [9.17, 15) is 13.2 Å². The van der Waals surface area contributed by atoms with E-state index in [-0.39, 0.29) is 4.90 Å². The fourth-order valence-electron chi connectivity index (χ4n) is 2.71. The second kappa shape index (κ2) is 9.55. The molecule has 0 amide bonds. The Morgan fingerprint density at radius 2 is 1.59 bits per heavy atom. The van der Waals surface area contributed by atoms with Crippen LogP contribution in [0.25, 0.3) is 0 Å². The maximum atomic E-state index is 13.2. The Morgan fingerprint density at radius 3 is 2.15 bits per heavy atom. The normalized spacial score (nSPS) is 11.2. The van der Waals surface area contributed by atoms with Crippen LogP contribution in [-0.4, -0.2) is 27.5 Å². The highest BCUT2D eigenvalue weighted by atomic mass is 32.2. The van der Waals surface area contributed by atoms with Crippen LogP contribution in [0.2, 0.25) is 0 Å². The van der Waals surface area contributed by atoms with E-state index in [0.717, 1.165) is 24.8 Å². The molecule has 0 aliphatic heterocycles. The van der Waals surface area contributed by atoms with Crippen LogP contribution in [0, 0.1) is 6.92 Å². The second-order valence-corrected chi connectivity index (χ2v) is 8.23. The van der Waals surface area contributed by atoms with Gasteiger partial charge in [0.1, 0.15) is 0 Å². The maximum absolute atomic E-state index is 13.2. The zero-order chi connectivity index (χ0) is 19.9. The van der Waals surface area contributed by atoms with E-state index < -0.39 is 16.0 Å². The molecule has 0 N–H and O–H groups in total. The number of esters is 1. The number of carbonyl (C=O) groups is 1. The Bertz CT molecular complexity index is 843. The van der Waals surface area contributed by atoms with E-state index in [4.69, 9.17) is 4.74 Å². The van der Waals surface area contributed by atoms with Gasteiger partial charge >= 0.3 is 5.97 Å². The molecule has 0 radical (unpaired) electrons. The summed E-state index contributed by atoms with van der Waals surface area (Å²) in [6, 6.07) is 13.4. The standard InChI is InChI=1S/C21H27NO4S/c1-4-6-7-16-22(27(24,25)20-14-8-17(3)9-15-20)19-12-10-18(11-13-19)21(23)26-5-2/h8-15H,4-7,16H2,1-3H3. The van der Waals surface area contributed by atoms with Crippen LogP contribution in [0.15, 0.2) is 53.4 Å². The molecule has 0 aliphatic carbocycles. The smallest absolute Gasteiger partial charge is 0.338 e. The molecule has 0 saturated heterocycles. The Balaban J connectivity index is 2.36. The number of ether oxygens (including phenoxy) is 1. The van der Waals surface area contributed by atoms with Gasteiger partial charge in [0.25, 0.3) is 10.0 Å². The van der Waals surface area contributed by atoms with Crippen molar-refractivity contribution in [2.75, 3.05) is 17.5 Å². The summed E-state index contributed by atoms with van der Waals surface area (Å²) >= 11 is 0. The molecule has 0 saturated carbocycles. The molecule has 27 heavy (non-hydrogen) atoms. The molecule has 0 bridgehead atoms. The first-order valence-corrected chi connectivity index (χ1v) is 10.7. The van der Waals surface area contributed by atoms with Crippen LogP contribution >= 0.6 is 0 Å². The van der Waals surface area contributed by atoms with Gasteiger partial charge in [-0.15, -0.1) is 0 Å². The first kappa shape index (κ1) is 21.0. The zero-order valence-corrected chi connectivity index (χ0v) is 17.0. The van der Waals surface area contributed by atoms with E-state index in [1.807, 2.05) is 6.92 Å². The summed E-state index contributed by atoms with van der Waals surface area (Å²) in [5.74, 6) is -0.414. The van der Waals surface area contributed by atoms with E-state index in [0.29, 0.717) is 24.4 Å². The predicted molar refractivity (Wildman–Crippen MR) is 108 cm³/mol. The Labute approximate surface area is 162 Å². The van der Waals surface area contributed by atoms with E-state index >= 15 is 0 Å². The third kappa shape index (κ3) is 5.32. The molecule has 5 nitrogen and oxygen atoms in total. The molecule has 2 aromatic carbocycles. The quantitative estimate of drug-likeness (QED) is 0.466. The van der Waals surface area contributed by atoms with Crippen LogP contribution in [0.3, 0.4) is 0 Å². The lowest BCUT2D eigenvalue weighted by atomic mass is 10.2. The average molecular weight is 390 g/mol. The van der Waals surface area contributed by atoms with E-state index in [2.05, 4.69) is 6.92 Å². The molecular weight excluding hydrogens is 362 g/mol. The molecule has 0 aromatic heterocycles. The van der Waals surface area contributed by atoms with Crippen molar-refractivity contribution >= 4 is 21.7 Å². The average Bonchev–Trinajstić information content (AvgIpc) is 2.66. The lowest BCUT2D eigenvalue weighted by Crippen LogP contribution is -2.32. The minimum absolute atomic E-state index is 0.263. The minimum Gasteiger partial charge on any atom is -0.462 e. The summed E-state index contributed by atoms with van der Waals surface area (Å²) in [5.41, 5.74) is 1.95. The number of anilines is 1. The van der Waals surface area contributed by atoms with Crippen LogP contribution in [0.1, 0.15) is 49.0 Å². The molecule has 0 heterocycles. The fourth-order valence-corrected chi connectivity index (χ4v) is 4.21. The Kier molecular flexibility index (Phi) is 7.42. The predicted octanol–water partition coefficient (Wildman–Crippen LogP) is 4.56. The first-order valence-electron chi connectivity index (χ1n) is 9.26. The van der Waals surface area contributed by atoms with Gasteiger partial charge in [-0.25, -0.2) is 13.2 Å². The van der Waals surface area contributed by atoms with Crippen molar-refractivity contribution in [3.63, 3.8) is 0 Å². The van der Waals surface area contributed by atoms with Crippen molar-refractivity contribution < 1.29 is 17.9 Å². The lowest BCUT2D eigenvalue weighted by Gasteiger charge is -2.25. The number of sulfonamides is 1. The number of hydrogen-bond acceptors (Lipinski definition) is 4. The van der Waals surface area contributed by atoms with Gasteiger partial charge in [-0.2, -0.15) is 0 Å². The van der Waals surface area contributed by atoms with Gasteiger partial charge in [-0.3, -0.25) is 4.31 Å². The number of rotatable bonds is 9. The molecule has 6 heteroatoms. The third-order valence-electron chi connectivity index (χ3n) is 4.24. The molecule has 2 aromatic rings. The summed E-state index contributed by atoms with van der Waals surface area (Å²) in [7, 11) is -3.68. The molecule has 2 rings (SSSR count). The van der Waals surface area contributed by atoms with Gasteiger partial charge in [0.05, 0.1) is 22.8 Å². The van der Waals surface area contributed by atoms with Crippen molar-refractivity contribution in [2.24, 2.45) is 0 Å². The highest BCUT2D eigenvalue weighted by Crippen LogP contribution is 2.25. The fraction of sp³-hybridized carbons (Fsp3) is 0.381. The summed E-state index contributed by atoms with van der Waals surface area (Å²) in [6.07, 6.45) is 2.71. The van der Waals surface area contributed by atoms with Crippen LogP contribution in [0.4, 0.5) is 5.69 Å². The van der Waals surface area contributed by atoms with Crippen molar-refractivity contribution in [3.05, 3.63) is 59.7 Å². The highest BCUT2D eigenvalue weighted by molar-refractivity contribution is 7.92. The number of unbranched alkanes of at least 4 members (excludes halogenated alkanes) is 2. The molecule has 0 fully saturated rings. The van der Waals surface area contributed by atoms with Crippen molar-refractivity contribution in [2.45, 2.75) is 44.9 Å².